The van der Waals surface area contributed by atoms with Gasteiger partial charge in [-0.15, -0.1) is 11.3 Å². The molecule has 1 atom stereocenters. The molecule has 1 amide bonds. The molecule has 2 aromatic rings. The van der Waals surface area contributed by atoms with Crippen LogP contribution >= 0.6 is 11.3 Å². The van der Waals surface area contributed by atoms with E-state index in [1.165, 1.54) is 0 Å². The second kappa shape index (κ2) is 5.95. The normalized spacial score (nSPS) is 12.2. The summed E-state index contributed by atoms with van der Waals surface area (Å²) in [6.07, 6.45) is 1.78. The van der Waals surface area contributed by atoms with Crippen LogP contribution in [0.3, 0.4) is 0 Å². The Labute approximate surface area is 116 Å². The average molecular weight is 275 g/mol. The molecule has 2 rings (SSSR count). The van der Waals surface area contributed by atoms with Crippen LogP contribution in [-0.4, -0.2) is 10.9 Å². The molecule has 100 valence electrons. The minimum atomic E-state index is -0.630. The van der Waals surface area contributed by atoms with Crippen molar-refractivity contribution >= 4 is 17.2 Å². The zero-order valence-electron chi connectivity index (χ0n) is 11.0. The number of hydrogen-bond donors (Lipinski definition) is 2. The average Bonchev–Trinajstić information content (AvgIpc) is 2.82. The van der Waals surface area contributed by atoms with Crippen LogP contribution in [-0.2, 0) is 11.3 Å². The van der Waals surface area contributed by atoms with E-state index in [9.17, 15) is 4.79 Å². The van der Waals surface area contributed by atoms with Crippen LogP contribution in [0.25, 0.3) is 0 Å². The Balaban J connectivity index is 1.94. The van der Waals surface area contributed by atoms with Gasteiger partial charge in [0.1, 0.15) is 6.04 Å². The zero-order chi connectivity index (χ0) is 13.8. The molecule has 1 aromatic heterocycles. The summed E-state index contributed by atoms with van der Waals surface area (Å²) < 4.78 is 0. The first kappa shape index (κ1) is 13.7. The maximum absolute atomic E-state index is 12.0. The highest BCUT2D eigenvalue weighted by Gasteiger charge is 2.15. The summed E-state index contributed by atoms with van der Waals surface area (Å²) in [5.41, 5.74) is 7.91. The summed E-state index contributed by atoms with van der Waals surface area (Å²) in [6, 6.07) is 7.05. The number of carbonyl (C=O) groups excluding carboxylic acids is 1. The molecule has 0 radical (unpaired) electrons. The molecule has 19 heavy (non-hydrogen) atoms. The number of thiazole rings is 1. The van der Waals surface area contributed by atoms with Gasteiger partial charge in [-0.2, -0.15) is 0 Å². The van der Waals surface area contributed by atoms with Crippen LogP contribution in [0.1, 0.15) is 27.1 Å². The summed E-state index contributed by atoms with van der Waals surface area (Å²) in [5.74, 6) is -0.171. The van der Waals surface area contributed by atoms with Crippen molar-refractivity contribution < 1.29 is 4.79 Å². The lowest BCUT2D eigenvalue weighted by Crippen LogP contribution is -2.33. The van der Waals surface area contributed by atoms with E-state index in [0.717, 1.165) is 21.0 Å². The zero-order valence-corrected chi connectivity index (χ0v) is 11.8. The van der Waals surface area contributed by atoms with Crippen LogP contribution in [0.5, 0.6) is 0 Å². The van der Waals surface area contributed by atoms with Crippen LogP contribution in [0, 0.1) is 13.8 Å². The molecule has 0 spiro atoms. The first-order valence-corrected chi connectivity index (χ1v) is 6.89. The fourth-order valence-corrected chi connectivity index (χ4v) is 2.43. The number of aryl methyl sites for hydroxylation is 2. The Morgan fingerprint density at radius 3 is 2.63 bits per heavy atom. The third-order valence-electron chi connectivity index (χ3n) is 2.82. The molecule has 1 heterocycles. The van der Waals surface area contributed by atoms with E-state index in [0.29, 0.717) is 6.54 Å². The molecule has 0 fully saturated rings. The predicted octanol–water partition coefficient (Wildman–Crippen LogP) is 2.08. The number of rotatable bonds is 4. The molecule has 1 unspecified atom stereocenters. The Morgan fingerprint density at radius 2 is 2.05 bits per heavy atom. The number of amides is 1. The fraction of sp³-hybridized carbons (Fsp3) is 0.286. The topological polar surface area (TPSA) is 68.0 Å². The van der Waals surface area contributed by atoms with Crippen molar-refractivity contribution in [1.82, 2.24) is 10.3 Å². The fourth-order valence-electron chi connectivity index (χ4n) is 1.70. The van der Waals surface area contributed by atoms with Crippen molar-refractivity contribution in [2.75, 3.05) is 0 Å². The molecule has 1 aromatic carbocycles. The molecular formula is C14H17N3OS. The standard InChI is InChI=1S/C14H17N3OS/c1-9-3-5-11(6-4-9)13(15)14(18)17-8-12-7-16-10(2)19-12/h3-7,13H,8,15H2,1-2H3,(H,17,18). The Kier molecular flexibility index (Phi) is 4.29. The lowest BCUT2D eigenvalue weighted by molar-refractivity contribution is -0.122. The van der Waals surface area contributed by atoms with Crippen molar-refractivity contribution in [3.05, 3.63) is 51.5 Å². The minimum absolute atomic E-state index is 0.171. The number of nitrogens with two attached hydrogens (primary N) is 1. The van der Waals surface area contributed by atoms with Gasteiger partial charge < -0.3 is 11.1 Å². The summed E-state index contributed by atoms with van der Waals surface area (Å²) in [6.45, 7) is 4.42. The predicted molar refractivity (Wildman–Crippen MR) is 76.8 cm³/mol. The molecule has 0 aliphatic heterocycles. The second-order valence-corrected chi connectivity index (χ2v) is 5.77. The largest absolute Gasteiger partial charge is 0.349 e. The van der Waals surface area contributed by atoms with Gasteiger partial charge in [-0.05, 0) is 19.4 Å². The molecule has 0 saturated carbocycles. The SMILES string of the molecule is Cc1ccc(C(N)C(=O)NCc2cnc(C)s2)cc1. The van der Waals surface area contributed by atoms with E-state index in [2.05, 4.69) is 10.3 Å². The number of benzene rings is 1. The monoisotopic (exact) mass is 275 g/mol. The lowest BCUT2D eigenvalue weighted by Gasteiger charge is -2.12. The van der Waals surface area contributed by atoms with Gasteiger partial charge in [0.15, 0.2) is 0 Å². The van der Waals surface area contributed by atoms with Crippen LogP contribution in [0.15, 0.2) is 30.5 Å². The molecule has 3 N–H and O–H groups in total. The maximum atomic E-state index is 12.0. The molecule has 5 heteroatoms. The second-order valence-electron chi connectivity index (χ2n) is 4.45. The number of carbonyl (C=O) groups is 1. The van der Waals surface area contributed by atoms with E-state index in [4.69, 9.17) is 5.73 Å². The highest BCUT2D eigenvalue weighted by molar-refractivity contribution is 7.11. The van der Waals surface area contributed by atoms with Crippen LogP contribution in [0.2, 0.25) is 0 Å². The molecule has 0 bridgehead atoms. The van der Waals surface area contributed by atoms with Gasteiger partial charge in [-0.25, -0.2) is 4.98 Å². The van der Waals surface area contributed by atoms with Gasteiger partial charge in [-0.1, -0.05) is 29.8 Å². The van der Waals surface area contributed by atoms with Gasteiger partial charge in [-0.3, -0.25) is 4.79 Å². The Hall–Kier alpha value is -1.72. The van der Waals surface area contributed by atoms with Gasteiger partial charge in [0.2, 0.25) is 5.91 Å². The Morgan fingerprint density at radius 1 is 1.37 bits per heavy atom. The highest BCUT2D eigenvalue weighted by atomic mass is 32.1. The Bertz CT molecular complexity index is 562. The smallest absolute Gasteiger partial charge is 0.241 e. The number of nitrogens with one attached hydrogen (secondary N) is 1. The molecular weight excluding hydrogens is 258 g/mol. The number of hydrogen-bond acceptors (Lipinski definition) is 4. The van der Waals surface area contributed by atoms with E-state index < -0.39 is 6.04 Å². The van der Waals surface area contributed by atoms with Crippen LogP contribution in [0.4, 0.5) is 0 Å². The van der Waals surface area contributed by atoms with Crippen molar-refractivity contribution in [2.24, 2.45) is 5.73 Å². The molecule has 0 aliphatic carbocycles. The minimum Gasteiger partial charge on any atom is -0.349 e. The first-order chi connectivity index (χ1) is 9.06. The van der Waals surface area contributed by atoms with Crippen LogP contribution < -0.4 is 11.1 Å². The van der Waals surface area contributed by atoms with Gasteiger partial charge in [0, 0.05) is 11.1 Å². The van der Waals surface area contributed by atoms with E-state index in [1.54, 1.807) is 17.5 Å². The van der Waals surface area contributed by atoms with Gasteiger partial charge in [0.25, 0.3) is 0 Å². The molecule has 0 aliphatic rings. The molecule has 0 saturated heterocycles. The van der Waals surface area contributed by atoms with E-state index >= 15 is 0 Å². The third-order valence-corrected chi connectivity index (χ3v) is 3.74. The lowest BCUT2D eigenvalue weighted by atomic mass is 10.1. The summed E-state index contributed by atoms with van der Waals surface area (Å²) >= 11 is 1.57. The summed E-state index contributed by atoms with van der Waals surface area (Å²) in [7, 11) is 0. The quantitative estimate of drug-likeness (QED) is 0.897. The third kappa shape index (κ3) is 3.62. The summed E-state index contributed by atoms with van der Waals surface area (Å²) in [5, 5.41) is 3.82. The van der Waals surface area contributed by atoms with E-state index in [1.807, 2.05) is 38.1 Å². The van der Waals surface area contributed by atoms with Crippen molar-refractivity contribution in [3.8, 4) is 0 Å². The summed E-state index contributed by atoms with van der Waals surface area (Å²) in [4.78, 5) is 17.1. The van der Waals surface area contributed by atoms with Gasteiger partial charge in [0.05, 0.1) is 11.6 Å². The van der Waals surface area contributed by atoms with Crippen molar-refractivity contribution in [3.63, 3.8) is 0 Å². The maximum Gasteiger partial charge on any atom is 0.241 e. The highest BCUT2D eigenvalue weighted by Crippen LogP contribution is 2.13. The van der Waals surface area contributed by atoms with Crippen molar-refractivity contribution in [1.29, 1.82) is 0 Å². The van der Waals surface area contributed by atoms with Gasteiger partial charge >= 0.3 is 0 Å². The van der Waals surface area contributed by atoms with E-state index in [-0.39, 0.29) is 5.91 Å². The number of aromatic nitrogens is 1. The number of nitrogens with zero attached hydrogens (tertiary/aromatic N) is 1. The first-order valence-electron chi connectivity index (χ1n) is 6.07. The molecule has 4 nitrogen and oxygen atoms in total. The van der Waals surface area contributed by atoms with Crippen molar-refractivity contribution in [2.45, 2.75) is 26.4 Å².